The van der Waals surface area contributed by atoms with E-state index in [1.54, 1.807) is 13.3 Å². The Balaban J connectivity index is 2.56. The fourth-order valence-electron chi connectivity index (χ4n) is 1.41. The molecule has 15 heavy (non-hydrogen) atoms. The van der Waals surface area contributed by atoms with E-state index in [1.165, 1.54) is 0 Å². The first-order chi connectivity index (χ1) is 7.31. The van der Waals surface area contributed by atoms with Gasteiger partial charge in [0.1, 0.15) is 11.5 Å². The van der Waals surface area contributed by atoms with E-state index in [-0.39, 0.29) is 0 Å². The van der Waals surface area contributed by atoms with Gasteiger partial charge >= 0.3 is 0 Å². The molecule has 0 spiro atoms. The van der Waals surface area contributed by atoms with Gasteiger partial charge in [-0.2, -0.15) is 0 Å². The summed E-state index contributed by atoms with van der Waals surface area (Å²) < 4.78 is 5.23. The van der Waals surface area contributed by atoms with Crippen LogP contribution in [0.2, 0.25) is 0 Å². The molecular weight excluding hydrogens is 188 g/mol. The molecule has 76 valence electrons. The number of methoxy groups -OCH3 is 1. The Morgan fingerprint density at radius 2 is 1.87 bits per heavy atom. The van der Waals surface area contributed by atoms with Gasteiger partial charge < -0.3 is 4.74 Å². The number of ether oxygens (including phenoxy) is 1. The molecule has 1 aromatic heterocycles. The highest BCUT2D eigenvalue weighted by atomic mass is 16.5. The molecule has 0 atom stereocenters. The predicted octanol–water partition coefficient (Wildman–Crippen LogP) is 2.46. The molecule has 0 radical (unpaired) electrons. The highest BCUT2D eigenvalue weighted by molar-refractivity contribution is 5.65. The minimum atomic E-state index is 0.701. The predicted molar refractivity (Wildman–Crippen MR) is 58.8 cm³/mol. The lowest BCUT2D eigenvalue weighted by Gasteiger charge is -2.07. The third-order valence-corrected chi connectivity index (χ3v) is 2.14. The average molecular weight is 200 g/mol. The molecule has 0 aliphatic rings. The third-order valence-electron chi connectivity index (χ3n) is 2.14. The molecule has 0 aliphatic carbocycles. The molecule has 0 saturated carbocycles. The number of benzene rings is 1. The van der Waals surface area contributed by atoms with E-state index >= 15 is 0 Å². The lowest BCUT2D eigenvalue weighted by Crippen LogP contribution is -1.95. The minimum Gasteiger partial charge on any atom is -0.493 e. The molecule has 0 saturated heterocycles. The van der Waals surface area contributed by atoms with E-state index in [2.05, 4.69) is 9.97 Å². The highest BCUT2D eigenvalue weighted by Crippen LogP contribution is 2.26. The van der Waals surface area contributed by atoms with Crippen LogP contribution in [0.3, 0.4) is 0 Å². The smallest absolute Gasteiger partial charge is 0.163 e. The van der Waals surface area contributed by atoms with Crippen molar-refractivity contribution in [2.45, 2.75) is 6.92 Å². The molecule has 0 unspecified atom stereocenters. The number of hydrogen-bond acceptors (Lipinski definition) is 3. The number of nitrogens with zero attached hydrogens (tertiary/aromatic N) is 2. The Kier molecular flexibility index (Phi) is 2.63. The van der Waals surface area contributed by atoms with Crippen molar-refractivity contribution in [1.82, 2.24) is 9.97 Å². The van der Waals surface area contributed by atoms with Gasteiger partial charge in [-0.3, -0.25) is 0 Å². The second-order valence-electron chi connectivity index (χ2n) is 3.20. The van der Waals surface area contributed by atoms with Gasteiger partial charge in [0.05, 0.1) is 13.3 Å². The Labute approximate surface area is 88.8 Å². The zero-order valence-electron chi connectivity index (χ0n) is 8.77. The monoisotopic (exact) mass is 200 g/mol. The minimum absolute atomic E-state index is 0.701. The van der Waals surface area contributed by atoms with Crippen molar-refractivity contribution in [3.05, 3.63) is 42.4 Å². The maximum atomic E-state index is 5.23. The van der Waals surface area contributed by atoms with Gasteiger partial charge in [-0.15, -0.1) is 0 Å². The first-order valence-electron chi connectivity index (χ1n) is 4.74. The maximum absolute atomic E-state index is 5.23. The molecule has 0 N–H and O–H groups in total. The van der Waals surface area contributed by atoms with Crippen LogP contribution in [0.4, 0.5) is 0 Å². The van der Waals surface area contributed by atoms with Crippen LogP contribution in [0.25, 0.3) is 11.3 Å². The zero-order chi connectivity index (χ0) is 10.7. The van der Waals surface area contributed by atoms with Crippen LogP contribution in [-0.2, 0) is 0 Å². The molecule has 0 aliphatic heterocycles. The summed E-state index contributed by atoms with van der Waals surface area (Å²) in [6.45, 7) is 1.87. The Morgan fingerprint density at radius 3 is 2.53 bits per heavy atom. The van der Waals surface area contributed by atoms with E-state index < -0.39 is 0 Å². The van der Waals surface area contributed by atoms with E-state index in [1.807, 2.05) is 37.3 Å². The molecule has 0 bridgehead atoms. The van der Waals surface area contributed by atoms with Crippen molar-refractivity contribution in [3.8, 4) is 17.0 Å². The highest BCUT2D eigenvalue weighted by Gasteiger charge is 2.07. The average Bonchev–Trinajstić information content (AvgIpc) is 2.30. The number of aromatic nitrogens is 2. The van der Waals surface area contributed by atoms with Crippen molar-refractivity contribution in [3.63, 3.8) is 0 Å². The summed E-state index contributed by atoms with van der Waals surface area (Å²) in [5.74, 6) is 1.45. The summed E-state index contributed by atoms with van der Waals surface area (Å²) in [7, 11) is 1.63. The topological polar surface area (TPSA) is 35.0 Å². The Hall–Kier alpha value is -1.90. The molecular formula is C12H12N2O. The molecule has 0 amide bonds. The van der Waals surface area contributed by atoms with Gasteiger partial charge in [0.2, 0.25) is 0 Å². The van der Waals surface area contributed by atoms with Crippen molar-refractivity contribution in [2.24, 2.45) is 0 Å². The number of hydrogen-bond donors (Lipinski definition) is 0. The second-order valence-corrected chi connectivity index (χ2v) is 3.20. The van der Waals surface area contributed by atoms with E-state index in [0.717, 1.165) is 17.1 Å². The summed E-state index contributed by atoms with van der Waals surface area (Å²) in [6, 6.07) is 9.94. The quantitative estimate of drug-likeness (QED) is 0.747. The van der Waals surface area contributed by atoms with E-state index in [9.17, 15) is 0 Å². The normalized spacial score (nSPS) is 10.0. The van der Waals surface area contributed by atoms with Gasteiger partial charge in [-0.1, -0.05) is 30.3 Å². The van der Waals surface area contributed by atoms with Crippen molar-refractivity contribution < 1.29 is 4.74 Å². The SMILES string of the molecule is COc1cnc(C)nc1-c1ccccc1. The fourth-order valence-corrected chi connectivity index (χ4v) is 1.41. The first-order valence-corrected chi connectivity index (χ1v) is 4.74. The van der Waals surface area contributed by atoms with Crippen LogP contribution in [-0.4, -0.2) is 17.1 Å². The molecule has 2 aromatic rings. The standard InChI is InChI=1S/C12H12N2O/c1-9-13-8-11(15-2)12(14-9)10-6-4-3-5-7-10/h3-8H,1-2H3. The third kappa shape index (κ3) is 1.96. The van der Waals surface area contributed by atoms with Crippen LogP contribution in [0.1, 0.15) is 5.82 Å². The van der Waals surface area contributed by atoms with Crippen LogP contribution in [0, 0.1) is 6.92 Å². The van der Waals surface area contributed by atoms with Gasteiger partial charge in [0, 0.05) is 5.56 Å². The van der Waals surface area contributed by atoms with E-state index in [0.29, 0.717) is 5.75 Å². The molecule has 3 nitrogen and oxygen atoms in total. The van der Waals surface area contributed by atoms with Gasteiger partial charge in [-0.25, -0.2) is 9.97 Å². The lowest BCUT2D eigenvalue weighted by molar-refractivity contribution is 0.412. The van der Waals surface area contributed by atoms with Gasteiger partial charge in [-0.05, 0) is 6.92 Å². The Morgan fingerprint density at radius 1 is 1.13 bits per heavy atom. The molecule has 0 fully saturated rings. The molecule has 1 heterocycles. The van der Waals surface area contributed by atoms with Crippen molar-refractivity contribution >= 4 is 0 Å². The number of rotatable bonds is 2. The largest absolute Gasteiger partial charge is 0.493 e. The maximum Gasteiger partial charge on any atom is 0.163 e. The molecule has 2 rings (SSSR count). The summed E-state index contributed by atoms with van der Waals surface area (Å²) in [6.07, 6.45) is 1.70. The van der Waals surface area contributed by atoms with Gasteiger partial charge in [0.25, 0.3) is 0 Å². The van der Waals surface area contributed by atoms with Crippen molar-refractivity contribution in [1.29, 1.82) is 0 Å². The number of aryl methyl sites for hydroxylation is 1. The fraction of sp³-hybridized carbons (Fsp3) is 0.167. The molecule has 1 aromatic carbocycles. The Bertz CT molecular complexity index is 454. The summed E-state index contributed by atoms with van der Waals surface area (Å²) in [5.41, 5.74) is 1.88. The zero-order valence-corrected chi connectivity index (χ0v) is 8.77. The lowest BCUT2D eigenvalue weighted by atomic mass is 10.1. The van der Waals surface area contributed by atoms with Crippen LogP contribution < -0.4 is 4.74 Å². The van der Waals surface area contributed by atoms with Crippen LogP contribution >= 0.6 is 0 Å². The molecule has 3 heteroatoms. The summed E-state index contributed by atoms with van der Waals surface area (Å²) in [4.78, 5) is 8.48. The van der Waals surface area contributed by atoms with E-state index in [4.69, 9.17) is 4.74 Å². The summed E-state index contributed by atoms with van der Waals surface area (Å²) in [5, 5.41) is 0. The first kappa shape index (κ1) is 9.65. The van der Waals surface area contributed by atoms with Gasteiger partial charge in [0.15, 0.2) is 5.75 Å². The second kappa shape index (κ2) is 4.09. The van der Waals surface area contributed by atoms with Crippen LogP contribution in [0.5, 0.6) is 5.75 Å². The van der Waals surface area contributed by atoms with Crippen molar-refractivity contribution in [2.75, 3.05) is 7.11 Å². The van der Waals surface area contributed by atoms with Crippen LogP contribution in [0.15, 0.2) is 36.5 Å². The summed E-state index contributed by atoms with van der Waals surface area (Å²) >= 11 is 0.